The van der Waals surface area contributed by atoms with E-state index in [1.165, 1.54) is 16.5 Å². The molecular formula is C21H25ClN2O2. The van der Waals surface area contributed by atoms with Crippen LogP contribution in [-0.2, 0) is 13.0 Å². The van der Waals surface area contributed by atoms with Gasteiger partial charge < -0.3 is 19.8 Å². The second kappa shape index (κ2) is 8.97. The molecule has 1 aromatic heterocycles. The summed E-state index contributed by atoms with van der Waals surface area (Å²) in [5, 5.41) is 5.44. The first-order valence-corrected chi connectivity index (χ1v) is 9.35. The highest BCUT2D eigenvalue weighted by molar-refractivity contribution is 6.31. The van der Waals surface area contributed by atoms with E-state index in [0.29, 0.717) is 23.9 Å². The van der Waals surface area contributed by atoms with E-state index in [4.69, 9.17) is 21.1 Å². The maximum atomic E-state index is 6.41. The molecule has 0 atom stereocenters. The van der Waals surface area contributed by atoms with Gasteiger partial charge in [0.25, 0.3) is 0 Å². The van der Waals surface area contributed by atoms with Gasteiger partial charge >= 0.3 is 0 Å². The number of aromatic amines is 1. The lowest BCUT2D eigenvalue weighted by Gasteiger charge is -2.14. The topological polar surface area (TPSA) is 46.3 Å². The predicted molar refractivity (Wildman–Crippen MR) is 107 cm³/mol. The molecule has 0 bridgehead atoms. The number of rotatable bonds is 9. The number of halogens is 1. The highest BCUT2D eigenvalue weighted by atomic mass is 35.5. The number of ether oxygens (including phenoxy) is 2. The van der Waals surface area contributed by atoms with E-state index in [-0.39, 0.29) is 0 Å². The second-order valence-corrected chi connectivity index (χ2v) is 6.64. The first-order valence-electron chi connectivity index (χ1n) is 8.97. The summed E-state index contributed by atoms with van der Waals surface area (Å²) in [4.78, 5) is 3.31. The van der Waals surface area contributed by atoms with E-state index in [0.717, 1.165) is 30.7 Å². The first-order chi connectivity index (χ1) is 12.7. The molecule has 0 saturated carbocycles. The molecule has 0 amide bonds. The molecule has 5 heteroatoms. The van der Waals surface area contributed by atoms with E-state index >= 15 is 0 Å². The summed E-state index contributed by atoms with van der Waals surface area (Å²) in [6, 6.07) is 12.2. The van der Waals surface area contributed by atoms with Gasteiger partial charge in [-0.3, -0.25) is 0 Å². The standard InChI is InChI=1S/C21H25ClN2O2/c1-3-10-26-21-12-18(22)16(11-20(21)25-2)13-23-9-8-15-14-24-19-7-5-4-6-17(15)19/h4-7,11-12,14,23-24H,3,8-10,13H2,1-2H3. The van der Waals surface area contributed by atoms with Crippen LogP contribution >= 0.6 is 11.6 Å². The minimum absolute atomic E-state index is 0.648. The summed E-state index contributed by atoms with van der Waals surface area (Å²) >= 11 is 6.41. The number of hydrogen-bond acceptors (Lipinski definition) is 3. The zero-order valence-electron chi connectivity index (χ0n) is 15.3. The molecule has 0 aliphatic rings. The van der Waals surface area contributed by atoms with Crippen LogP contribution in [0.1, 0.15) is 24.5 Å². The van der Waals surface area contributed by atoms with E-state index in [2.05, 4.69) is 41.6 Å². The molecule has 3 rings (SSSR count). The summed E-state index contributed by atoms with van der Waals surface area (Å²) < 4.78 is 11.1. The molecule has 4 nitrogen and oxygen atoms in total. The zero-order chi connectivity index (χ0) is 18.4. The minimum Gasteiger partial charge on any atom is -0.493 e. The van der Waals surface area contributed by atoms with Crippen molar-refractivity contribution in [2.24, 2.45) is 0 Å². The lowest BCUT2D eigenvalue weighted by atomic mass is 10.1. The summed E-state index contributed by atoms with van der Waals surface area (Å²) in [7, 11) is 1.65. The van der Waals surface area contributed by atoms with Crippen LogP contribution in [0.4, 0.5) is 0 Å². The Morgan fingerprint density at radius 3 is 2.77 bits per heavy atom. The summed E-state index contributed by atoms with van der Waals surface area (Å²) in [6.07, 6.45) is 3.98. The van der Waals surface area contributed by atoms with Gasteiger partial charge in [-0.25, -0.2) is 0 Å². The summed E-state index contributed by atoms with van der Waals surface area (Å²) in [5.41, 5.74) is 3.50. The lowest BCUT2D eigenvalue weighted by molar-refractivity contribution is 0.294. The Morgan fingerprint density at radius 1 is 1.12 bits per heavy atom. The largest absolute Gasteiger partial charge is 0.493 e. The van der Waals surface area contributed by atoms with Crippen LogP contribution in [0.5, 0.6) is 11.5 Å². The number of nitrogens with one attached hydrogen (secondary N) is 2. The predicted octanol–water partition coefficient (Wildman–Crippen LogP) is 4.95. The number of para-hydroxylation sites is 1. The molecule has 3 aromatic rings. The number of benzene rings is 2. The quantitative estimate of drug-likeness (QED) is 0.522. The van der Waals surface area contributed by atoms with Crippen LogP contribution in [0.15, 0.2) is 42.6 Å². The Balaban J connectivity index is 1.59. The SMILES string of the molecule is CCCOc1cc(Cl)c(CNCCc2c[nH]c3ccccc23)cc1OC. The number of fused-ring (bicyclic) bond motifs is 1. The van der Waals surface area contributed by atoms with Crippen LogP contribution in [0, 0.1) is 0 Å². The molecule has 0 spiro atoms. The van der Waals surface area contributed by atoms with E-state index in [1.54, 1.807) is 7.11 Å². The van der Waals surface area contributed by atoms with Crippen molar-refractivity contribution in [1.82, 2.24) is 10.3 Å². The number of hydrogen-bond donors (Lipinski definition) is 2. The molecule has 0 saturated heterocycles. The van der Waals surface area contributed by atoms with Gasteiger partial charge in [0.05, 0.1) is 13.7 Å². The van der Waals surface area contributed by atoms with Gasteiger partial charge in [-0.2, -0.15) is 0 Å². The van der Waals surface area contributed by atoms with Gasteiger partial charge in [0.1, 0.15) is 0 Å². The van der Waals surface area contributed by atoms with Crippen molar-refractivity contribution in [1.29, 1.82) is 0 Å². The summed E-state index contributed by atoms with van der Waals surface area (Å²) in [5.74, 6) is 1.41. The first kappa shape index (κ1) is 18.6. The van der Waals surface area contributed by atoms with Gasteiger partial charge in [0.2, 0.25) is 0 Å². The van der Waals surface area contributed by atoms with Gasteiger partial charge in [-0.1, -0.05) is 36.7 Å². The molecule has 0 radical (unpaired) electrons. The Kier molecular flexibility index (Phi) is 6.42. The van der Waals surface area contributed by atoms with Crippen molar-refractivity contribution in [2.45, 2.75) is 26.3 Å². The van der Waals surface area contributed by atoms with Crippen LogP contribution in [0.25, 0.3) is 10.9 Å². The Bertz CT molecular complexity index is 860. The van der Waals surface area contributed by atoms with Crippen LogP contribution < -0.4 is 14.8 Å². The zero-order valence-corrected chi connectivity index (χ0v) is 16.0. The van der Waals surface area contributed by atoms with Crippen molar-refractivity contribution in [3.63, 3.8) is 0 Å². The normalized spacial score (nSPS) is 11.0. The molecule has 0 fully saturated rings. The van der Waals surface area contributed by atoms with Crippen LogP contribution in [0.2, 0.25) is 5.02 Å². The smallest absolute Gasteiger partial charge is 0.162 e. The van der Waals surface area contributed by atoms with Crippen LogP contribution in [0.3, 0.4) is 0 Å². The van der Waals surface area contributed by atoms with E-state index < -0.39 is 0 Å². The third-order valence-electron chi connectivity index (χ3n) is 4.36. The van der Waals surface area contributed by atoms with Gasteiger partial charge in [0.15, 0.2) is 11.5 Å². The maximum absolute atomic E-state index is 6.41. The van der Waals surface area contributed by atoms with Crippen molar-refractivity contribution < 1.29 is 9.47 Å². The second-order valence-electron chi connectivity index (χ2n) is 6.23. The fourth-order valence-electron chi connectivity index (χ4n) is 2.98. The van der Waals surface area contributed by atoms with Gasteiger partial charge in [0, 0.05) is 34.7 Å². The molecule has 138 valence electrons. The van der Waals surface area contributed by atoms with E-state index in [9.17, 15) is 0 Å². The number of methoxy groups -OCH3 is 1. The molecule has 0 aliphatic carbocycles. The third-order valence-corrected chi connectivity index (χ3v) is 4.71. The molecule has 0 unspecified atom stereocenters. The number of aromatic nitrogens is 1. The fraction of sp³-hybridized carbons (Fsp3) is 0.333. The third kappa shape index (κ3) is 4.32. The molecular weight excluding hydrogens is 348 g/mol. The fourth-order valence-corrected chi connectivity index (χ4v) is 3.20. The van der Waals surface area contributed by atoms with E-state index in [1.807, 2.05) is 18.2 Å². The van der Waals surface area contributed by atoms with Gasteiger partial charge in [-0.05, 0) is 42.6 Å². The highest BCUT2D eigenvalue weighted by Crippen LogP contribution is 2.33. The van der Waals surface area contributed by atoms with Crippen molar-refractivity contribution in [2.75, 3.05) is 20.3 Å². The van der Waals surface area contributed by atoms with Crippen molar-refractivity contribution in [3.05, 3.63) is 58.7 Å². The molecule has 2 aromatic carbocycles. The summed E-state index contributed by atoms with van der Waals surface area (Å²) in [6.45, 7) is 4.27. The Labute approximate surface area is 159 Å². The molecule has 1 heterocycles. The maximum Gasteiger partial charge on any atom is 0.162 e. The average molecular weight is 373 g/mol. The molecule has 0 aliphatic heterocycles. The molecule has 2 N–H and O–H groups in total. The minimum atomic E-state index is 0.648. The monoisotopic (exact) mass is 372 g/mol. The lowest BCUT2D eigenvalue weighted by Crippen LogP contribution is -2.17. The Hall–Kier alpha value is -2.17. The van der Waals surface area contributed by atoms with Crippen molar-refractivity contribution >= 4 is 22.5 Å². The number of H-pyrrole nitrogens is 1. The van der Waals surface area contributed by atoms with Gasteiger partial charge in [-0.15, -0.1) is 0 Å². The Morgan fingerprint density at radius 2 is 1.96 bits per heavy atom. The molecule has 26 heavy (non-hydrogen) atoms. The van der Waals surface area contributed by atoms with Crippen molar-refractivity contribution in [3.8, 4) is 11.5 Å². The van der Waals surface area contributed by atoms with Crippen LogP contribution in [-0.4, -0.2) is 25.2 Å². The average Bonchev–Trinajstić information content (AvgIpc) is 3.08. The highest BCUT2D eigenvalue weighted by Gasteiger charge is 2.10.